The lowest BCUT2D eigenvalue weighted by molar-refractivity contribution is 0.0680. The van der Waals surface area contributed by atoms with Crippen molar-refractivity contribution in [2.75, 3.05) is 39.8 Å². The van der Waals surface area contributed by atoms with Gasteiger partial charge in [-0.25, -0.2) is 0 Å². The Morgan fingerprint density at radius 2 is 2.15 bits per heavy atom. The van der Waals surface area contributed by atoms with Crippen molar-refractivity contribution in [3.05, 3.63) is 0 Å². The van der Waals surface area contributed by atoms with Crippen molar-refractivity contribution in [3.63, 3.8) is 0 Å². The minimum Gasteiger partial charge on any atom is -0.315 e. The van der Waals surface area contributed by atoms with Crippen LogP contribution in [0.2, 0.25) is 0 Å². The first-order valence-electron chi connectivity index (χ1n) is 5.42. The summed E-state index contributed by atoms with van der Waals surface area (Å²) in [4.78, 5) is 5.11. The van der Waals surface area contributed by atoms with Crippen LogP contribution in [0.15, 0.2) is 0 Å². The van der Waals surface area contributed by atoms with Gasteiger partial charge in [0.05, 0.1) is 0 Å². The fourth-order valence-corrected chi connectivity index (χ4v) is 2.62. The molecule has 2 fully saturated rings. The van der Waals surface area contributed by atoms with Crippen molar-refractivity contribution in [2.45, 2.75) is 25.4 Å². The summed E-state index contributed by atoms with van der Waals surface area (Å²) in [5.74, 6) is 0. The third-order valence-electron chi connectivity index (χ3n) is 3.39. The molecular weight excluding hydrogens is 162 g/mol. The van der Waals surface area contributed by atoms with Crippen molar-refractivity contribution in [2.24, 2.45) is 0 Å². The zero-order valence-electron chi connectivity index (χ0n) is 8.79. The maximum Gasteiger partial charge on any atom is 0.0236 e. The van der Waals surface area contributed by atoms with Crippen LogP contribution in [-0.2, 0) is 0 Å². The molecule has 0 aliphatic carbocycles. The smallest absolute Gasteiger partial charge is 0.0236 e. The van der Waals surface area contributed by atoms with Crippen LogP contribution in [-0.4, -0.2) is 61.7 Å². The number of likely N-dealkylation sites (N-methyl/N-ethyl adjacent to an activating group) is 1. The topological polar surface area (TPSA) is 18.5 Å². The normalized spacial score (nSPS) is 38.3. The second kappa shape index (κ2) is 3.95. The van der Waals surface area contributed by atoms with E-state index in [-0.39, 0.29) is 0 Å². The third-order valence-corrected chi connectivity index (χ3v) is 3.39. The Labute approximate surface area is 81.1 Å². The van der Waals surface area contributed by atoms with Gasteiger partial charge in [0, 0.05) is 38.3 Å². The standard InChI is InChI=1S/C10H21N3/c1-9-8-12(2)5-6-13(9)10-3-4-11-7-10/h9-11H,3-8H2,1-2H3/t9-,10-/m1/s1. The second-order valence-electron chi connectivity index (χ2n) is 4.50. The molecule has 76 valence electrons. The van der Waals surface area contributed by atoms with Gasteiger partial charge < -0.3 is 10.2 Å². The Balaban J connectivity index is 1.91. The summed E-state index contributed by atoms with van der Waals surface area (Å²) in [5, 5.41) is 3.45. The predicted molar refractivity (Wildman–Crippen MR) is 54.9 cm³/mol. The van der Waals surface area contributed by atoms with Crippen molar-refractivity contribution in [3.8, 4) is 0 Å². The maximum atomic E-state index is 3.45. The van der Waals surface area contributed by atoms with Crippen LogP contribution in [0.1, 0.15) is 13.3 Å². The molecule has 0 saturated carbocycles. The summed E-state index contributed by atoms with van der Waals surface area (Å²) in [6.45, 7) is 8.49. The van der Waals surface area contributed by atoms with E-state index in [9.17, 15) is 0 Å². The Hall–Kier alpha value is -0.120. The van der Waals surface area contributed by atoms with Gasteiger partial charge in [-0.1, -0.05) is 0 Å². The van der Waals surface area contributed by atoms with Crippen LogP contribution >= 0.6 is 0 Å². The molecule has 2 atom stereocenters. The van der Waals surface area contributed by atoms with E-state index >= 15 is 0 Å². The van der Waals surface area contributed by atoms with Gasteiger partial charge in [0.2, 0.25) is 0 Å². The minimum absolute atomic E-state index is 0.739. The van der Waals surface area contributed by atoms with Gasteiger partial charge >= 0.3 is 0 Å². The quantitative estimate of drug-likeness (QED) is 0.616. The Morgan fingerprint density at radius 3 is 2.77 bits per heavy atom. The van der Waals surface area contributed by atoms with E-state index in [1.807, 2.05) is 0 Å². The van der Waals surface area contributed by atoms with Crippen molar-refractivity contribution >= 4 is 0 Å². The molecule has 3 heteroatoms. The molecule has 0 amide bonds. The van der Waals surface area contributed by atoms with E-state index in [4.69, 9.17) is 0 Å². The van der Waals surface area contributed by atoms with Crippen LogP contribution in [0.25, 0.3) is 0 Å². The van der Waals surface area contributed by atoms with E-state index < -0.39 is 0 Å². The third kappa shape index (κ3) is 2.03. The molecule has 0 radical (unpaired) electrons. The molecule has 2 heterocycles. The van der Waals surface area contributed by atoms with E-state index in [2.05, 4.69) is 29.1 Å². The number of nitrogens with one attached hydrogen (secondary N) is 1. The Morgan fingerprint density at radius 1 is 1.31 bits per heavy atom. The summed E-state index contributed by atoms with van der Waals surface area (Å²) < 4.78 is 0. The fraction of sp³-hybridized carbons (Fsp3) is 1.00. The number of hydrogen-bond donors (Lipinski definition) is 1. The van der Waals surface area contributed by atoms with E-state index in [1.54, 1.807) is 0 Å². The minimum atomic E-state index is 0.739. The van der Waals surface area contributed by atoms with E-state index in [1.165, 1.54) is 39.1 Å². The molecule has 0 unspecified atom stereocenters. The highest BCUT2D eigenvalue weighted by molar-refractivity contribution is 4.87. The highest BCUT2D eigenvalue weighted by Crippen LogP contribution is 2.15. The van der Waals surface area contributed by atoms with Gasteiger partial charge in [0.15, 0.2) is 0 Å². The average Bonchev–Trinajstić information content (AvgIpc) is 2.56. The monoisotopic (exact) mass is 183 g/mol. The molecule has 1 N–H and O–H groups in total. The van der Waals surface area contributed by atoms with Crippen LogP contribution in [0, 0.1) is 0 Å². The van der Waals surface area contributed by atoms with Crippen molar-refractivity contribution in [1.29, 1.82) is 0 Å². The van der Waals surface area contributed by atoms with Crippen LogP contribution in [0.4, 0.5) is 0 Å². The van der Waals surface area contributed by atoms with Crippen molar-refractivity contribution in [1.82, 2.24) is 15.1 Å². The lowest BCUT2D eigenvalue weighted by atomic mass is 10.1. The lowest BCUT2D eigenvalue weighted by Crippen LogP contribution is -2.54. The van der Waals surface area contributed by atoms with Gasteiger partial charge in [0.25, 0.3) is 0 Å². The summed E-state index contributed by atoms with van der Waals surface area (Å²) in [6.07, 6.45) is 1.34. The molecule has 0 aromatic carbocycles. The molecule has 0 aromatic rings. The first-order valence-corrected chi connectivity index (χ1v) is 5.42. The molecule has 13 heavy (non-hydrogen) atoms. The number of hydrogen-bond acceptors (Lipinski definition) is 3. The lowest BCUT2D eigenvalue weighted by Gasteiger charge is -2.41. The maximum absolute atomic E-state index is 3.45. The van der Waals surface area contributed by atoms with Crippen LogP contribution in [0.5, 0.6) is 0 Å². The molecule has 0 bridgehead atoms. The van der Waals surface area contributed by atoms with Crippen molar-refractivity contribution < 1.29 is 0 Å². The second-order valence-corrected chi connectivity index (χ2v) is 4.50. The average molecular weight is 183 g/mol. The van der Waals surface area contributed by atoms with Gasteiger partial charge in [0.1, 0.15) is 0 Å². The fourth-order valence-electron chi connectivity index (χ4n) is 2.62. The van der Waals surface area contributed by atoms with Gasteiger partial charge in [-0.2, -0.15) is 0 Å². The van der Waals surface area contributed by atoms with Gasteiger partial charge in [-0.15, -0.1) is 0 Å². The SMILES string of the molecule is C[C@@H]1CN(C)CCN1[C@@H]1CCNC1. The zero-order valence-corrected chi connectivity index (χ0v) is 8.79. The highest BCUT2D eigenvalue weighted by atomic mass is 15.3. The highest BCUT2D eigenvalue weighted by Gasteiger charge is 2.29. The van der Waals surface area contributed by atoms with E-state index in [0.29, 0.717) is 0 Å². The van der Waals surface area contributed by atoms with E-state index in [0.717, 1.165) is 12.1 Å². The Kier molecular flexibility index (Phi) is 2.86. The number of rotatable bonds is 1. The molecule has 2 aliphatic rings. The molecule has 2 rings (SSSR count). The molecular formula is C10H21N3. The van der Waals surface area contributed by atoms with Gasteiger partial charge in [-0.05, 0) is 26.9 Å². The first kappa shape index (κ1) is 9.44. The number of piperazine rings is 1. The molecule has 2 aliphatic heterocycles. The largest absolute Gasteiger partial charge is 0.315 e. The predicted octanol–water partition coefficient (Wildman–Crippen LogP) is -0.0158. The summed E-state index contributed by atoms with van der Waals surface area (Å²) in [5.41, 5.74) is 0. The molecule has 2 saturated heterocycles. The molecule has 3 nitrogen and oxygen atoms in total. The van der Waals surface area contributed by atoms with Crippen LogP contribution in [0.3, 0.4) is 0 Å². The summed E-state index contributed by atoms with van der Waals surface area (Å²) in [6, 6.07) is 1.55. The van der Waals surface area contributed by atoms with Crippen LogP contribution < -0.4 is 5.32 Å². The number of nitrogens with zero attached hydrogens (tertiary/aromatic N) is 2. The Bertz CT molecular complexity index is 166. The molecule has 0 aromatic heterocycles. The zero-order chi connectivity index (χ0) is 9.26. The summed E-state index contributed by atoms with van der Waals surface area (Å²) >= 11 is 0. The summed E-state index contributed by atoms with van der Waals surface area (Å²) in [7, 11) is 2.22. The van der Waals surface area contributed by atoms with Gasteiger partial charge in [-0.3, -0.25) is 4.90 Å². The first-order chi connectivity index (χ1) is 6.27. The molecule has 0 spiro atoms.